The lowest BCUT2D eigenvalue weighted by atomic mass is 10.0. The van der Waals surface area contributed by atoms with Crippen LogP contribution < -0.4 is 10.1 Å². The second kappa shape index (κ2) is 8.65. The highest BCUT2D eigenvalue weighted by molar-refractivity contribution is 6.01. The Hall–Kier alpha value is -2.53. The maximum atomic E-state index is 13.1. The first-order valence-corrected chi connectivity index (χ1v) is 10.3. The average molecular weight is 380 g/mol. The molecule has 0 spiro atoms. The maximum Gasteiger partial charge on any atom is 0.257 e. The summed E-state index contributed by atoms with van der Waals surface area (Å²) < 4.78 is 11.6. The number of hydrogen-bond acceptors (Lipinski definition) is 4. The number of nitrogens with zero attached hydrogens (tertiary/aromatic N) is 1. The molecule has 1 amide bonds. The minimum absolute atomic E-state index is 0.0819. The molecular formula is C23H28N2O3. The lowest BCUT2D eigenvalue weighted by Crippen LogP contribution is -2.43. The van der Waals surface area contributed by atoms with Gasteiger partial charge in [-0.3, -0.25) is 4.79 Å². The number of rotatable bonds is 7. The van der Waals surface area contributed by atoms with Crippen molar-refractivity contribution in [1.29, 1.82) is 0 Å². The molecular weight excluding hydrogens is 352 g/mol. The first-order chi connectivity index (χ1) is 13.8. The van der Waals surface area contributed by atoms with Gasteiger partial charge in [0.05, 0.1) is 11.7 Å². The Morgan fingerprint density at radius 2 is 2.11 bits per heavy atom. The second-order valence-electron chi connectivity index (χ2n) is 7.46. The predicted octanol–water partition coefficient (Wildman–Crippen LogP) is 4.61. The lowest BCUT2D eigenvalue weighted by molar-refractivity contribution is 0.0669. The van der Waals surface area contributed by atoms with Gasteiger partial charge in [-0.15, -0.1) is 0 Å². The number of anilines is 1. The molecule has 0 saturated carbocycles. The van der Waals surface area contributed by atoms with Gasteiger partial charge < -0.3 is 19.7 Å². The van der Waals surface area contributed by atoms with E-state index in [1.165, 1.54) is 0 Å². The third kappa shape index (κ3) is 3.99. The first-order valence-electron chi connectivity index (χ1n) is 10.3. The predicted molar refractivity (Wildman–Crippen MR) is 110 cm³/mol. The molecule has 1 fully saturated rings. The highest BCUT2D eigenvalue weighted by Gasteiger charge is 2.32. The van der Waals surface area contributed by atoms with Crippen LogP contribution in [0.1, 0.15) is 54.7 Å². The Bertz CT molecular complexity index is 817. The molecule has 0 aromatic heterocycles. The number of fused-ring (bicyclic) bond motifs is 1. The van der Waals surface area contributed by atoms with Crippen LogP contribution in [-0.2, 0) is 4.74 Å². The van der Waals surface area contributed by atoms with Crippen LogP contribution in [0.15, 0.2) is 48.5 Å². The molecule has 2 aliphatic rings. The summed E-state index contributed by atoms with van der Waals surface area (Å²) in [7, 11) is 0. The zero-order chi connectivity index (χ0) is 19.3. The molecule has 148 valence electrons. The van der Waals surface area contributed by atoms with Crippen molar-refractivity contribution in [2.75, 3.05) is 25.1 Å². The Labute approximate surface area is 166 Å². The molecule has 2 heterocycles. The normalized spacial score (nSPS) is 21.3. The van der Waals surface area contributed by atoms with Crippen LogP contribution >= 0.6 is 0 Å². The first kappa shape index (κ1) is 18.8. The topological polar surface area (TPSA) is 50.8 Å². The van der Waals surface area contributed by atoms with Gasteiger partial charge in [0.1, 0.15) is 18.5 Å². The zero-order valence-electron chi connectivity index (χ0n) is 16.4. The monoisotopic (exact) mass is 380 g/mol. The number of amides is 1. The fourth-order valence-electron chi connectivity index (χ4n) is 3.85. The summed E-state index contributed by atoms with van der Waals surface area (Å²) in [6, 6.07) is 15.8. The van der Waals surface area contributed by atoms with Gasteiger partial charge >= 0.3 is 0 Å². The molecule has 5 nitrogen and oxygen atoms in total. The molecule has 0 aliphatic carbocycles. The molecule has 1 N–H and O–H groups in total. The number of ether oxygens (including phenoxy) is 2. The highest BCUT2D eigenvalue weighted by Crippen LogP contribution is 2.34. The summed E-state index contributed by atoms with van der Waals surface area (Å²) >= 11 is 0. The van der Waals surface area contributed by atoms with E-state index in [4.69, 9.17) is 9.47 Å². The Kier molecular flexibility index (Phi) is 5.81. The van der Waals surface area contributed by atoms with Crippen LogP contribution in [0, 0.1) is 0 Å². The Morgan fingerprint density at radius 1 is 1.21 bits per heavy atom. The van der Waals surface area contributed by atoms with Crippen molar-refractivity contribution >= 4 is 11.6 Å². The van der Waals surface area contributed by atoms with E-state index in [0.29, 0.717) is 6.61 Å². The quantitative estimate of drug-likeness (QED) is 0.762. The van der Waals surface area contributed by atoms with E-state index in [0.717, 1.165) is 61.4 Å². The standard InChI is InChI=1S/C23H28N2O3/c1-2-3-13-25-22(24-21-12-5-4-11-20(21)23(25)26)17-8-6-9-18(15-17)28-16-19-10-7-14-27-19/h4-6,8-9,11-12,15,19,22,24H,2-3,7,10,13-14,16H2,1H3. The van der Waals surface area contributed by atoms with E-state index in [2.05, 4.69) is 18.3 Å². The van der Waals surface area contributed by atoms with Gasteiger partial charge in [-0.05, 0) is 49.1 Å². The van der Waals surface area contributed by atoms with Crippen LogP contribution in [0.5, 0.6) is 5.75 Å². The van der Waals surface area contributed by atoms with Gasteiger partial charge in [0.25, 0.3) is 5.91 Å². The summed E-state index contributed by atoms with van der Waals surface area (Å²) in [5.41, 5.74) is 2.65. The summed E-state index contributed by atoms with van der Waals surface area (Å²) in [6.07, 6.45) is 4.17. The second-order valence-corrected chi connectivity index (χ2v) is 7.46. The molecule has 2 aliphatic heterocycles. The van der Waals surface area contributed by atoms with Gasteiger partial charge in [0.15, 0.2) is 0 Å². The van der Waals surface area contributed by atoms with Crippen molar-refractivity contribution in [2.45, 2.75) is 44.9 Å². The molecule has 2 atom stereocenters. The van der Waals surface area contributed by atoms with Crippen LogP contribution in [0.25, 0.3) is 0 Å². The van der Waals surface area contributed by atoms with Crippen LogP contribution in [0.2, 0.25) is 0 Å². The number of unbranched alkanes of at least 4 members (excludes halogenated alkanes) is 1. The molecule has 5 heteroatoms. The van der Waals surface area contributed by atoms with Gasteiger partial charge in [-0.1, -0.05) is 37.6 Å². The van der Waals surface area contributed by atoms with Crippen LogP contribution in [0.4, 0.5) is 5.69 Å². The molecule has 4 rings (SSSR count). The Morgan fingerprint density at radius 3 is 2.93 bits per heavy atom. The fourth-order valence-corrected chi connectivity index (χ4v) is 3.85. The molecule has 2 aromatic carbocycles. The van der Waals surface area contributed by atoms with Crippen molar-refractivity contribution in [2.24, 2.45) is 0 Å². The van der Waals surface area contributed by atoms with Crippen LogP contribution in [0.3, 0.4) is 0 Å². The van der Waals surface area contributed by atoms with Crippen molar-refractivity contribution in [3.8, 4) is 5.75 Å². The SMILES string of the molecule is CCCCN1C(=O)c2ccccc2NC1c1cccc(OCC2CCCO2)c1. The molecule has 0 bridgehead atoms. The number of hydrogen-bond donors (Lipinski definition) is 1. The lowest BCUT2D eigenvalue weighted by Gasteiger charge is -2.38. The number of carbonyl (C=O) groups excluding carboxylic acids is 1. The van der Waals surface area contributed by atoms with E-state index in [9.17, 15) is 4.79 Å². The smallest absolute Gasteiger partial charge is 0.257 e. The fraction of sp³-hybridized carbons (Fsp3) is 0.435. The van der Waals surface area contributed by atoms with Gasteiger partial charge in [-0.25, -0.2) is 0 Å². The van der Waals surface area contributed by atoms with Gasteiger partial charge in [0, 0.05) is 18.8 Å². The van der Waals surface area contributed by atoms with Crippen molar-refractivity contribution in [3.05, 3.63) is 59.7 Å². The van der Waals surface area contributed by atoms with Gasteiger partial charge in [0.2, 0.25) is 0 Å². The summed E-state index contributed by atoms with van der Waals surface area (Å²) in [6.45, 7) is 4.27. The summed E-state index contributed by atoms with van der Waals surface area (Å²) in [5.74, 6) is 0.898. The van der Waals surface area contributed by atoms with E-state index in [-0.39, 0.29) is 18.2 Å². The molecule has 28 heavy (non-hydrogen) atoms. The minimum atomic E-state index is -0.194. The number of nitrogens with one attached hydrogen (secondary N) is 1. The van der Waals surface area contributed by atoms with E-state index in [1.54, 1.807) is 0 Å². The van der Waals surface area contributed by atoms with E-state index < -0.39 is 0 Å². The van der Waals surface area contributed by atoms with E-state index >= 15 is 0 Å². The maximum absolute atomic E-state index is 13.1. The third-order valence-electron chi connectivity index (χ3n) is 5.41. The van der Waals surface area contributed by atoms with E-state index in [1.807, 2.05) is 47.4 Å². The minimum Gasteiger partial charge on any atom is -0.491 e. The molecule has 2 aromatic rings. The molecule has 1 saturated heterocycles. The molecule has 2 unspecified atom stereocenters. The van der Waals surface area contributed by atoms with Crippen molar-refractivity contribution < 1.29 is 14.3 Å². The molecule has 0 radical (unpaired) electrons. The number of para-hydroxylation sites is 1. The number of benzene rings is 2. The van der Waals surface area contributed by atoms with Gasteiger partial charge in [-0.2, -0.15) is 0 Å². The highest BCUT2D eigenvalue weighted by atomic mass is 16.5. The largest absolute Gasteiger partial charge is 0.491 e. The zero-order valence-corrected chi connectivity index (χ0v) is 16.4. The average Bonchev–Trinajstić information content (AvgIpc) is 3.25. The summed E-state index contributed by atoms with van der Waals surface area (Å²) in [5, 5.41) is 3.55. The van der Waals surface area contributed by atoms with Crippen molar-refractivity contribution in [3.63, 3.8) is 0 Å². The van der Waals surface area contributed by atoms with Crippen LogP contribution in [-0.4, -0.2) is 36.7 Å². The summed E-state index contributed by atoms with van der Waals surface area (Å²) in [4.78, 5) is 15.1. The third-order valence-corrected chi connectivity index (χ3v) is 5.41. The number of carbonyl (C=O) groups is 1. The van der Waals surface area contributed by atoms with Crippen molar-refractivity contribution in [1.82, 2.24) is 4.90 Å². The Balaban J connectivity index is 1.56.